The van der Waals surface area contributed by atoms with E-state index < -0.39 is 0 Å². The summed E-state index contributed by atoms with van der Waals surface area (Å²) in [6, 6.07) is 9.63. The van der Waals surface area contributed by atoms with Crippen molar-refractivity contribution in [3.05, 3.63) is 35.9 Å². The van der Waals surface area contributed by atoms with Crippen molar-refractivity contribution in [2.75, 3.05) is 11.5 Å². The molecule has 0 aliphatic heterocycles. The maximum atomic E-state index is 11.9. The maximum Gasteiger partial charge on any atom is 0.172 e. The van der Waals surface area contributed by atoms with Gasteiger partial charge in [0.25, 0.3) is 0 Å². The lowest BCUT2D eigenvalue weighted by atomic mass is 10.1. The van der Waals surface area contributed by atoms with Gasteiger partial charge in [0.05, 0.1) is 5.75 Å². The third-order valence-electron chi connectivity index (χ3n) is 3.97. The Morgan fingerprint density at radius 1 is 0.818 bits per heavy atom. The molecule has 0 heterocycles. The zero-order valence-corrected chi connectivity index (χ0v) is 15.0. The first-order valence-electron chi connectivity index (χ1n) is 9.00. The normalized spacial score (nSPS) is 10.8. The van der Waals surface area contributed by atoms with Crippen molar-refractivity contribution in [1.29, 1.82) is 0 Å². The van der Waals surface area contributed by atoms with E-state index >= 15 is 0 Å². The van der Waals surface area contributed by atoms with Gasteiger partial charge >= 0.3 is 0 Å². The van der Waals surface area contributed by atoms with E-state index in [1.165, 1.54) is 64.2 Å². The summed E-state index contributed by atoms with van der Waals surface area (Å²) in [5.74, 6) is 2.01. The first-order valence-corrected chi connectivity index (χ1v) is 10.2. The summed E-state index contributed by atoms with van der Waals surface area (Å²) < 4.78 is 0. The highest BCUT2D eigenvalue weighted by molar-refractivity contribution is 7.99. The highest BCUT2D eigenvalue weighted by Gasteiger charge is 2.04. The molecule has 1 rings (SSSR count). The number of ketones is 1. The second-order valence-electron chi connectivity index (χ2n) is 6.02. The van der Waals surface area contributed by atoms with Gasteiger partial charge in [-0.2, -0.15) is 11.8 Å². The molecule has 0 spiro atoms. The van der Waals surface area contributed by atoms with Crippen molar-refractivity contribution in [2.24, 2.45) is 0 Å². The Bertz CT molecular complexity index is 375. The van der Waals surface area contributed by atoms with Gasteiger partial charge in [-0.25, -0.2) is 0 Å². The van der Waals surface area contributed by atoms with Crippen LogP contribution in [-0.2, 0) is 0 Å². The lowest BCUT2D eigenvalue weighted by molar-refractivity contribution is 0.102. The first kappa shape index (κ1) is 19.3. The standard InChI is InChI=1S/C20H32OS/c1-2-3-4-5-6-7-8-9-10-14-17-22-18-20(21)19-15-12-11-13-16-19/h11-13,15-16H,2-10,14,17-18H2,1H3. The molecule has 1 aromatic rings. The monoisotopic (exact) mass is 320 g/mol. The predicted molar refractivity (Wildman–Crippen MR) is 99.9 cm³/mol. The summed E-state index contributed by atoms with van der Waals surface area (Å²) in [5.41, 5.74) is 0.845. The van der Waals surface area contributed by atoms with E-state index in [4.69, 9.17) is 0 Å². The molecule has 0 atom stereocenters. The molecule has 22 heavy (non-hydrogen) atoms. The van der Waals surface area contributed by atoms with Crippen molar-refractivity contribution in [3.8, 4) is 0 Å². The minimum Gasteiger partial charge on any atom is -0.293 e. The SMILES string of the molecule is CCCCCCCCCCCCSCC(=O)c1ccccc1. The van der Waals surface area contributed by atoms with Crippen LogP contribution in [0.5, 0.6) is 0 Å². The molecule has 0 saturated heterocycles. The number of carbonyl (C=O) groups excluding carboxylic acids is 1. The van der Waals surface area contributed by atoms with Crippen molar-refractivity contribution >= 4 is 17.5 Å². The molecule has 0 saturated carbocycles. The van der Waals surface area contributed by atoms with Crippen molar-refractivity contribution in [1.82, 2.24) is 0 Å². The van der Waals surface area contributed by atoms with Crippen LogP contribution in [0.1, 0.15) is 81.5 Å². The van der Waals surface area contributed by atoms with E-state index in [0.29, 0.717) is 5.75 Å². The summed E-state index contributed by atoms with van der Waals surface area (Å²) in [6.07, 6.45) is 13.7. The number of Topliss-reactive ketones (excluding diaryl/α,β-unsaturated/α-hetero) is 1. The molecule has 0 aliphatic carbocycles. The lowest BCUT2D eigenvalue weighted by Gasteiger charge is -2.03. The van der Waals surface area contributed by atoms with Crippen LogP contribution in [0, 0.1) is 0 Å². The van der Waals surface area contributed by atoms with Crippen LogP contribution in [0.4, 0.5) is 0 Å². The minimum atomic E-state index is 0.262. The smallest absolute Gasteiger partial charge is 0.172 e. The van der Waals surface area contributed by atoms with Gasteiger partial charge in [-0.3, -0.25) is 4.79 Å². The van der Waals surface area contributed by atoms with Crippen LogP contribution in [0.25, 0.3) is 0 Å². The fraction of sp³-hybridized carbons (Fsp3) is 0.650. The van der Waals surface area contributed by atoms with Crippen LogP contribution in [-0.4, -0.2) is 17.3 Å². The average Bonchev–Trinajstić information content (AvgIpc) is 2.56. The molecule has 0 aromatic heterocycles. The van der Waals surface area contributed by atoms with Gasteiger partial charge in [-0.15, -0.1) is 0 Å². The number of carbonyl (C=O) groups is 1. The molecule has 0 radical (unpaired) electrons. The number of hydrogen-bond acceptors (Lipinski definition) is 2. The first-order chi connectivity index (χ1) is 10.8. The largest absolute Gasteiger partial charge is 0.293 e. The van der Waals surface area contributed by atoms with Gasteiger partial charge in [-0.1, -0.05) is 95.0 Å². The van der Waals surface area contributed by atoms with Crippen molar-refractivity contribution in [3.63, 3.8) is 0 Å². The van der Waals surface area contributed by atoms with Crippen LogP contribution in [0.2, 0.25) is 0 Å². The molecule has 0 bridgehead atoms. The van der Waals surface area contributed by atoms with Crippen molar-refractivity contribution < 1.29 is 4.79 Å². The number of rotatable bonds is 14. The number of benzene rings is 1. The molecular weight excluding hydrogens is 288 g/mol. The number of thioether (sulfide) groups is 1. The Hall–Kier alpha value is -0.760. The molecule has 0 aliphatic rings. The molecule has 124 valence electrons. The Morgan fingerprint density at radius 2 is 1.36 bits per heavy atom. The van der Waals surface area contributed by atoms with E-state index in [-0.39, 0.29) is 5.78 Å². The number of unbranched alkanes of at least 4 members (excludes halogenated alkanes) is 9. The Morgan fingerprint density at radius 3 is 1.95 bits per heavy atom. The summed E-state index contributed by atoms with van der Waals surface area (Å²) >= 11 is 1.78. The van der Waals surface area contributed by atoms with Gasteiger partial charge in [-0.05, 0) is 12.2 Å². The van der Waals surface area contributed by atoms with Crippen LogP contribution >= 0.6 is 11.8 Å². The fourth-order valence-electron chi connectivity index (χ4n) is 2.56. The molecule has 0 fully saturated rings. The molecular formula is C20H32OS. The molecule has 0 amide bonds. The van der Waals surface area contributed by atoms with Crippen LogP contribution in [0.3, 0.4) is 0 Å². The fourth-order valence-corrected chi connectivity index (χ4v) is 3.47. The van der Waals surface area contributed by atoms with Gasteiger partial charge in [0, 0.05) is 5.56 Å². The van der Waals surface area contributed by atoms with Crippen molar-refractivity contribution in [2.45, 2.75) is 71.1 Å². The Balaban J connectivity index is 1.85. The summed E-state index contributed by atoms with van der Waals surface area (Å²) in [6.45, 7) is 2.27. The Kier molecular flexibility index (Phi) is 12.2. The summed E-state index contributed by atoms with van der Waals surface area (Å²) in [5, 5.41) is 0. The Labute approximate surface area is 141 Å². The zero-order valence-electron chi connectivity index (χ0n) is 14.2. The van der Waals surface area contributed by atoms with Gasteiger partial charge in [0.2, 0.25) is 0 Å². The van der Waals surface area contributed by atoms with Gasteiger partial charge in [0.15, 0.2) is 5.78 Å². The zero-order chi connectivity index (χ0) is 15.9. The van der Waals surface area contributed by atoms with E-state index in [0.717, 1.165) is 11.3 Å². The second kappa shape index (κ2) is 13.9. The topological polar surface area (TPSA) is 17.1 Å². The highest BCUT2D eigenvalue weighted by Crippen LogP contribution is 2.13. The quantitative estimate of drug-likeness (QED) is 0.286. The van der Waals surface area contributed by atoms with E-state index in [9.17, 15) is 4.79 Å². The molecule has 1 aromatic carbocycles. The number of hydrogen-bond donors (Lipinski definition) is 0. The maximum absolute atomic E-state index is 11.9. The average molecular weight is 321 g/mol. The predicted octanol–water partition coefficient (Wildman–Crippen LogP) is 6.52. The molecule has 0 unspecified atom stereocenters. The third-order valence-corrected chi connectivity index (χ3v) is 5.01. The third kappa shape index (κ3) is 10.0. The summed E-state index contributed by atoms with van der Waals surface area (Å²) in [4.78, 5) is 11.9. The summed E-state index contributed by atoms with van der Waals surface area (Å²) in [7, 11) is 0. The lowest BCUT2D eigenvalue weighted by Crippen LogP contribution is -2.02. The van der Waals surface area contributed by atoms with Crippen LogP contribution in [0.15, 0.2) is 30.3 Å². The highest BCUT2D eigenvalue weighted by atomic mass is 32.2. The van der Waals surface area contributed by atoms with Crippen LogP contribution < -0.4 is 0 Å². The van der Waals surface area contributed by atoms with Gasteiger partial charge < -0.3 is 0 Å². The molecule has 1 nitrogen and oxygen atoms in total. The van der Waals surface area contributed by atoms with E-state index in [2.05, 4.69) is 6.92 Å². The second-order valence-corrected chi connectivity index (χ2v) is 7.13. The molecule has 2 heteroatoms. The molecule has 0 N–H and O–H groups in total. The van der Waals surface area contributed by atoms with Gasteiger partial charge in [0.1, 0.15) is 0 Å². The van der Waals surface area contributed by atoms with E-state index in [1.807, 2.05) is 30.3 Å². The minimum absolute atomic E-state index is 0.262. The van der Waals surface area contributed by atoms with E-state index in [1.54, 1.807) is 11.8 Å².